The van der Waals surface area contributed by atoms with Crippen LogP contribution in [0, 0.1) is 0 Å². The Morgan fingerprint density at radius 1 is 1.33 bits per heavy atom. The van der Waals surface area contributed by atoms with Gasteiger partial charge in [-0.25, -0.2) is 4.98 Å². The molecule has 2 aromatic rings. The standard InChI is InChI=1S/C13H16N2O5S/c16-6-13(7-17,8-18)15-11(19)4-9-5-21-12(14-9)10-2-1-3-20-10/h1-3,5,16-18H,4,6-8H2,(H,15,19). The number of furan rings is 1. The lowest BCUT2D eigenvalue weighted by Gasteiger charge is -2.28. The maximum Gasteiger partial charge on any atom is 0.226 e. The molecule has 2 rings (SSSR count). The number of hydrogen-bond acceptors (Lipinski definition) is 7. The Morgan fingerprint density at radius 3 is 2.62 bits per heavy atom. The molecule has 0 fully saturated rings. The van der Waals surface area contributed by atoms with Crippen molar-refractivity contribution in [3.63, 3.8) is 0 Å². The maximum atomic E-state index is 11.9. The van der Waals surface area contributed by atoms with E-state index in [-0.39, 0.29) is 6.42 Å². The van der Waals surface area contributed by atoms with Gasteiger partial charge in [0.2, 0.25) is 5.91 Å². The Labute approximate surface area is 124 Å². The second kappa shape index (κ2) is 6.81. The van der Waals surface area contributed by atoms with Crippen LogP contribution in [0.3, 0.4) is 0 Å². The topological polar surface area (TPSA) is 116 Å². The Bertz CT molecular complexity index is 569. The van der Waals surface area contributed by atoms with Crippen LogP contribution in [0.25, 0.3) is 10.8 Å². The minimum absolute atomic E-state index is 0.0149. The number of aromatic nitrogens is 1. The number of thiazole rings is 1. The van der Waals surface area contributed by atoms with Crippen LogP contribution >= 0.6 is 11.3 Å². The van der Waals surface area contributed by atoms with E-state index in [9.17, 15) is 4.79 Å². The zero-order valence-corrected chi connectivity index (χ0v) is 12.0. The number of carbonyl (C=O) groups excluding carboxylic acids is 1. The highest BCUT2D eigenvalue weighted by atomic mass is 32.1. The normalized spacial score (nSPS) is 11.6. The molecule has 114 valence electrons. The Kier molecular flexibility index (Phi) is 5.07. The van der Waals surface area contributed by atoms with E-state index in [1.165, 1.54) is 11.3 Å². The third kappa shape index (κ3) is 3.67. The summed E-state index contributed by atoms with van der Waals surface area (Å²) in [4.78, 5) is 16.2. The lowest BCUT2D eigenvalue weighted by molar-refractivity contribution is -0.124. The van der Waals surface area contributed by atoms with E-state index in [0.717, 1.165) is 0 Å². The molecule has 0 aromatic carbocycles. The minimum atomic E-state index is -1.42. The van der Waals surface area contributed by atoms with Crippen molar-refractivity contribution < 1.29 is 24.5 Å². The fourth-order valence-corrected chi connectivity index (χ4v) is 2.46. The van der Waals surface area contributed by atoms with Crippen molar-refractivity contribution in [2.24, 2.45) is 0 Å². The first-order valence-electron chi connectivity index (χ1n) is 6.24. The molecule has 0 spiro atoms. The van der Waals surface area contributed by atoms with Gasteiger partial charge in [0.05, 0.1) is 38.2 Å². The van der Waals surface area contributed by atoms with Gasteiger partial charge in [0.1, 0.15) is 5.54 Å². The van der Waals surface area contributed by atoms with Gasteiger partial charge in [-0.1, -0.05) is 0 Å². The summed E-state index contributed by atoms with van der Waals surface area (Å²) in [5.74, 6) is 0.186. The zero-order chi connectivity index (χ0) is 15.3. The van der Waals surface area contributed by atoms with Gasteiger partial charge in [-0.2, -0.15) is 0 Å². The first kappa shape index (κ1) is 15.6. The van der Waals surface area contributed by atoms with E-state index in [4.69, 9.17) is 19.7 Å². The SMILES string of the molecule is O=C(Cc1csc(-c2ccco2)n1)NC(CO)(CO)CO. The number of aliphatic hydroxyl groups excluding tert-OH is 3. The van der Waals surface area contributed by atoms with Crippen LogP contribution in [-0.2, 0) is 11.2 Å². The van der Waals surface area contributed by atoms with E-state index < -0.39 is 31.3 Å². The van der Waals surface area contributed by atoms with Crippen LogP contribution in [0.2, 0.25) is 0 Å². The molecule has 0 atom stereocenters. The lowest BCUT2D eigenvalue weighted by atomic mass is 10.0. The first-order chi connectivity index (χ1) is 10.1. The summed E-state index contributed by atoms with van der Waals surface area (Å²) in [7, 11) is 0. The number of rotatable bonds is 7. The van der Waals surface area contributed by atoms with Gasteiger partial charge in [0.15, 0.2) is 10.8 Å². The summed E-state index contributed by atoms with van der Waals surface area (Å²) >= 11 is 1.35. The van der Waals surface area contributed by atoms with E-state index in [2.05, 4.69) is 10.3 Å². The predicted molar refractivity (Wildman–Crippen MR) is 75.7 cm³/mol. The molecule has 8 heteroatoms. The molecule has 0 saturated carbocycles. The fourth-order valence-electron chi connectivity index (χ4n) is 1.67. The average Bonchev–Trinajstić information content (AvgIpc) is 3.15. The van der Waals surface area contributed by atoms with Crippen LogP contribution in [0.5, 0.6) is 0 Å². The Balaban J connectivity index is 2.00. The Morgan fingerprint density at radius 2 is 2.05 bits per heavy atom. The Hall–Kier alpha value is -1.74. The van der Waals surface area contributed by atoms with Gasteiger partial charge in [0, 0.05) is 5.38 Å². The number of carbonyl (C=O) groups is 1. The van der Waals surface area contributed by atoms with E-state index in [1.807, 2.05) is 0 Å². The highest BCUT2D eigenvalue weighted by molar-refractivity contribution is 7.13. The molecule has 0 aliphatic rings. The maximum absolute atomic E-state index is 11.9. The molecule has 4 N–H and O–H groups in total. The number of nitrogens with zero attached hydrogens (tertiary/aromatic N) is 1. The number of nitrogens with one attached hydrogen (secondary N) is 1. The zero-order valence-electron chi connectivity index (χ0n) is 11.2. The third-order valence-electron chi connectivity index (χ3n) is 2.94. The molecule has 0 unspecified atom stereocenters. The predicted octanol–water partition coefficient (Wildman–Crippen LogP) is -0.223. The largest absolute Gasteiger partial charge is 0.462 e. The molecule has 2 heterocycles. The summed E-state index contributed by atoms with van der Waals surface area (Å²) < 4.78 is 5.22. The molecule has 0 aliphatic carbocycles. The minimum Gasteiger partial charge on any atom is -0.462 e. The third-order valence-corrected chi connectivity index (χ3v) is 3.84. The van der Waals surface area contributed by atoms with Crippen LogP contribution in [0.1, 0.15) is 5.69 Å². The molecule has 2 aromatic heterocycles. The van der Waals surface area contributed by atoms with Crippen molar-refractivity contribution in [2.75, 3.05) is 19.8 Å². The summed E-state index contributed by atoms with van der Waals surface area (Å²) in [6.45, 7) is -1.67. The van der Waals surface area contributed by atoms with Crippen molar-refractivity contribution in [3.05, 3.63) is 29.5 Å². The quantitative estimate of drug-likeness (QED) is 0.562. The monoisotopic (exact) mass is 312 g/mol. The van der Waals surface area contributed by atoms with Gasteiger partial charge in [-0.3, -0.25) is 4.79 Å². The molecule has 21 heavy (non-hydrogen) atoms. The van der Waals surface area contributed by atoms with Crippen molar-refractivity contribution in [2.45, 2.75) is 12.0 Å². The molecule has 0 bridgehead atoms. The van der Waals surface area contributed by atoms with E-state index >= 15 is 0 Å². The highest BCUT2D eigenvalue weighted by Gasteiger charge is 2.30. The van der Waals surface area contributed by atoms with Crippen molar-refractivity contribution in [3.8, 4) is 10.8 Å². The summed E-state index contributed by atoms with van der Waals surface area (Å²) in [6, 6.07) is 3.53. The van der Waals surface area contributed by atoms with Crippen molar-refractivity contribution >= 4 is 17.2 Å². The van der Waals surface area contributed by atoms with Crippen LogP contribution in [0.15, 0.2) is 28.2 Å². The summed E-state index contributed by atoms with van der Waals surface area (Å²) in [5.41, 5.74) is -0.872. The van der Waals surface area contributed by atoms with Crippen molar-refractivity contribution in [1.82, 2.24) is 10.3 Å². The highest BCUT2D eigenvalue weighted by Crippen LogP contribution is 2.24. The van der Waals surface area contributed by atoms with Crippen LogP contribution in [-0.4, -0.2) is 51.6 Å². The lowest BCUT2D eigenvalue weighted by Crippen LogP contribution is -2.57. The molecule has 1 amide bonds. The van der Waals surface area contributed by atoms with Gasteiger partial charge in [0.25, 0.3) is 0 Å². The number of amides is 1. The van der Waals surface area contributed by atoms with Gasteiger partial charge >= 0.3 is 0 Å². The second-order valence-electron chi connectivity index (χ2n) is 4.60. The van der Waals surface area contributed by atoms with Gasteiger partial charge < -0.3 is 25.1 Å². The molecular formula is C13H16N2O5S. The van der Waals surface area contributed by atoms with Crippen molar-refractivity contribution in [1.29, 1.82) is 0 Å². The fraction of sp³-hybridized carbons (Fsp3) is 0.385. The second-order valence-corrected chi connectivity index (χ2v) is 5.46. The van der Waals surface area contributed by atoms with E-state index in [0.29, 0.717) is 16.5 Å². The summed E-state index contributed by atoms with van der Waals surface area (Å²) in [6.07, 6.45) is 1.53. The molecule has 0 aliphatic heterocycles. The average molecular weight is 312 g/mol. The van der Waals surface area contributed by atoms with Crippen LogP contribution in [0.4, 0.5) is 0 Å². The van der Waals surface area contributed by atoms with E-state index in [1.54, 1.807) is 23.8 Å². The smallest absolute Gasteiger partial charge is 0.226 e. The summed E-state index contributed by atoms with van der Waals surface area (Å²) in [5, 5.41) is 32.3. The number of hydrogen-bond donors (Lipinski definition) is 4. The molecular weight excluding hydrogens is 296 g/mol. The molecule has 0 radical (unpaired) electrons. The molecule has 7 nitrogen and oxygen atoms in total. The van der Waals surface area contributed by atoms with Crippen LogP contribution < -0.4 is 5.32 Å². The first-order valence-corrected chi connectivity index (χ1v) is 7.12. The van der Waals surface area contributed by atoms with Gasteiger partial charge in [-0.05, 0) is 12.1 Å². The number of aliphatic hydroxyl groups is 3. The molecule has 0 saturated heterocycles. The van der Waals surface area contributed by atoms with Gasteiger partial charge in [-0.15, -0.1) is 11.3 Å².